The molecule has 0 saturated carbocycles. The van der Waals surface area contributed by atoms with Crippen molar-refractivity contribution in [3.8, 4) is 5.75 Å². The second kappa shape index (κ2) is 7.94. The molecule has 2 rings (SSSR count). The molecule has 4 heteroatoms. The summed E-state index contributed by atoms with van der Waals surface area (Å²) in [6.07, 6.45) is 3.32. The van der Waals surface area contributed by atoms with E-state index in [1.165, 1.54) is 5.56 Å². The Bertz CT molecular complexity index is 719. The van der Waals surface area contributed by atoms with E-state index in [0.717, 1.165) is 11.1 Å². The highest BCUT2D eigenvalue weighted by Gasteiger charge is 2.04. The molecule has 4 nitrogen and oxygen atoms in total. The van der Waals surface area contributed by atoms with Gasteiger partial charge in [-0.25, -0.2) is 5.43 Å². The highest BCUT2D eigenvalue weighted by Crippen LogP contribution is 2.12. The molecule has 0 aromatic heterocycles. The van der Waals surface area contributed by atoms with Crippen LogP contribution >= 0.6 is 0 Å². The van der Waals surface area contributed by atoms with Gasteiger partial charge in [-0.1, -0.05) is 36.4 Å². The molecule has 0 unspecified atom stereocenters. The van der Waals surface area contributed by atoms with Gasteiger partial charge >= 0.3 is 0 Å². The number of amides is 1. The molecule has 1 N–H and O–H groups in total. The number of carbonyl (C=O) groups excluding carboxylic acids is 1. The van der Waals surface area contributed by atoms with Crippen molar-refractivity contribution >= 4 is 12.1 Å². The zero-order valence-corrected chi connectivity index (χ0v) is 13.4. The molecule has 0 fully saturated rings. The van der Waals surface area contributed by atoms with Gasteiger partial charge in [0.15, 0.2) is 0 Å². The molecule has 0 saturated heterocycles. The summed E-state index contributed by atoms with van der Waals surface area (Å²) in [5.41, 5.74) is 6.34. The Labute approximate surface area is 136 Å². The lowest BCUT2D eigenvalue weighted by molar-refractivity contribution is 0.0955. The van der Waals surface area contributed by atoms with Crippen molar-refractivity contribution in [1.82, 2.24) is 5.43 Å². The van der Waals surface area contributed by atoms with E-state index in [4.69, 9.17) is 4.74 Å². The Balaban J connectivity index is 1.96. The SMILES string of the molecule is C=CCOc1ccc(C(=O)N/N=C\c2ccc(C)cc2C)cc1. The summed E-state index contributed by atoms with van der Waals surface area (Å²) >= 11 is 0. The van der Waals surface area contributed by atoms with Gasteiger partial charge in [0.2, 0.25) is 0 Å². The molecule has 0 aliphatic heterocycles. The minimum Gasteiger partial charge on any atom is -0.490 e. The lowest BCUT2D eigenvalue weighted by Crippen LogP contribution is -2.17. The monoisotopic (exact) mass is 308 g/mol. The van der Waals surface area contributed by atoms with E-state index in [-0.39, 0.29) is 5.91 Å². The lowest BCUT2D eigenvalue weighted by Gasteiger charge is -2.04. The first-order valence-corrected chi connectivity index (χ1v) is 7.34. The number of ether oxygens (including phenoxy) is 1. The summed E-state index contributed by atoms with van der Waals surface area (Å²) in [7, 11) is 0. The summed E-state index contributed by atoms with van der Waals surface area (Å²) in [6, 6.07) is 12.9. The molecule has 0 bridgehead atoms. The van der Waals surface area contributed by atoms with Gasteiger partial charge in [0.05, 0.1) is 6.21 Å². The molecule has 2 aromatic rings. The van der Waals surface area contributed by atoms with E-state index in [0.29, 0.717) is 17.9 Å². The number of hydrazone groups is 1. The van der Waals surface area contributed by atoms with Crippen LogP contribution in [0.4, 0.5) is 0 Å². The number of nitrogens with one attached hydrogen (secondary N) is 1. The smallest absolute Gasteiger partial charge is 0.271 e. The quantitative estimate of drug-likeness (QED) is 0.503. The predicted molar refractivity (Wildman–Crippen MR) is 93.1 cm³/mol. The predicted octanol–water partition coefficient (Wildman–Crippen LogP) is 3.63. The maximum atomic E-state index is 12.0. The second-order valence-electron chi connectivity index (χ2n) is 5.18. The van der Waals surface area contributed by atoms with Gasteiger partial charge in [0.25, 0.3) is 5.91 Å². The first kappa shape index (κ1) is 16.5. The summed E-state index contributed by atoms with van der Waals surface area (Å²) in [5, 5.41) is 4.01. The fraction of sp³-hybridized carbons (Fsp3) is 0.158. The van der Waals surface area contributed by atoms with Crippen LogP contribution in [-0.2, 0) is 0 Å². The maximum Gasteiger partial charge on any atom is 0.271 e. The molecule has 0 aliphatic carbocycles. The van der Waals surface area contributed by atoms with E-state index in [1.807, 2.05) is 26.0 Å². The van der Waals surface area contributed by atoms with Crippen LogP contribution in [0.3, 0.4) is 0 Å². The second-order valence-corrected chi connectivity index (χ2v) is 5.18. The van der Waals surface area contributed by atoms with Crippen LogP contribution in [0.5, 0.6) is 5.75 Å². The standard InChI is InChI=1S/C19H20N2O2/c1-4-11-23-18-9-7-16(8-10-18)19(22)21-20-13-17-6-5-14(2)12-15(17)3/h4-10,12-13H,1,11H2,2-3H3,(H,21,22)/b20-13-. The minimum absolute atomic E-state index is 0.263. The van der Waals surface area contributed by atoms with Crippen molar-refractivity contribution in [3.63, 3.8) is 0 Å². The minimum atomic E-state index is -0.263. The fourth-order valence-electron chi connectivity index (χ4n) is 2.05. The molecule has 0 spiro atoms. The van der Waals surface area contributed by atoms with Crippen LogP contribution in [0, 0.1) is 13.8 Å². The van der Waals surface area contributed by atoms with Gasteiger partial charge in [-0.05, 0) is 49.2 Å². The van der Waals surface area contributed by atoms with Gasteiger partial charge in [-0.3, -0.25) is 4.79 Å². The van der Waals surface area contributed by atoms with E-state index in [2.05, 4.69) is 23.2 Å². The molecular weight excluding hydrogens is 288 g/mol. The van der Waals surface area contributed by atoms with E-state index in [9.17, 15) is 4.79 Å². The molecular formula is C19H20N2O2. The summed E-state index contributed by atoms with van der Waals surface area (Å²) in [4.78, 5) is 12.0. The summed E-state index contributed by atoms with van der Waals surface area (Å²) < 4.78 is 5.37. The van der Waals surface area contributed by atoms with Crippen LogP contribution in [0.25, 0.3) is 0 Å². The van der Waals surface area contributed by atoms with Crippen molar-refractivity contribution < 1.29 is 9.53 Å². The van der Waals surface area contributed by atoms with E-state index >= 15 is 0 Å². The number of rotatable bonds is 6. The van der Waals surface area contributed by atoms with Gasteiger partial charge in [-0.15, -0.1) is 0 Å². The molecule has 118 valence electrons. The number of carbonyl (C=O) groups is 1. The van der Waals surface area contributed by atoms with Crippen molar-refractivity contribution in [2.75, 3.05) is 6.61 Å². The van der Waals surface area contributed by atoms with Crippen LogP contribution < -0.4 is 10.2 Å². The zero-order chi connectivity index (χ0) is 16.7. The van der Waals surface area contributed by atoms with Crippen LogP contribution in [0.1, 0.15) is 27.0 Å². The van der Waals surface area contributed by atoms with Crippen molar-refractivity contribution in [2.45, 2.75) is 13.8 Å². The Morgan fingerprint density at radius 1 is 1.22 bits per heavy atom. The van der Waals surface area contributed by atoms with Gasteiger partial charge in [-0.2, -0.15) is 5.10 Å². The molecule has 0 radical (unpaired) electrons. The molecule has 2 aromatic carbocycles. The largest absolute Gasteiger partial charge is 0.490 e. The lowest BCUT2D eigenvalue weighted by atomic mass is 10.1. The first-order valence-electron chi connectivity index (χ1n) is 7.34. The average Bonchev–Trinajstić information content (AvgIpc) is 2.55. The third-order valence-corrected chi connectivity index (χ3v) is 3.28. The Morgan fingerprint density at radius 3 is 2.61 bits per heavy atom. The molecule has 1 amide bonds. The maximum absolute atomic E-state index is 12.0. The van der Waals surface area contributed by atoms with Gasteiger partial charge in [0.1, 0.15) is 12.4 Å². The third kappa shape index (κ3) is 4.81. The Kier molecular flexibility index (Phi) is 5.69. The topological polar surface area (TPSA) is 50.7 Å². The van der Waals surface area contributed by atoms with Crippen molar-refractivity contribution in [2.24, 2.45) is 5.10 Å². The van der Waals surface area contributed by atoms with Gasteiger partial charge in [0, 0.05) is 5.56 Å². The molecule has 0 heterocycles. The molecule has 0 aliphatic rings. The van der Waals surface area contributed by atoms with Gasteiger partial charge < -0.3 is 4.74 Å². The molecule has 0 atom stereocenters. The third-order valence-electron chi connectivity index (χ3n) is 3.28. The number of hydrogen-bond donors (Lipinski definition) is 1. The summed E-state index contributed by atoms with van der Waals surface area (Å²) in [6.45, 7) is 8.07. The molecule has 23 heavy (non-hydrogen) atoms. The van der Waals surface area contributed by atoms with Crippen molar-refractivity contribution in [1.29, 1.82) is 0 Å². The fourth-order valence-corrected chi connectivity index (χ4v) is 2.05. The van der Waals surface area contributed by atoms with E-state index in [1.54, 1.807) is 36.6 Å². The van der Waals surface area contributed by atoms with Crippen LogP contribution in [0.2, 0.25) is 0 Å². The van der Waals surface area contributed by atoms with Crippen molar-refractivity contribution in [3.05, 3.63) is 77.4 Å². The zero-order valence-electron chi connectivity index (χ0n) is 13.4. The summed E-state index contributed by atoms with van der Waals surface area (Å²) in [5.74, 6) is 0.432. The van der Waals surface area contributed by atoms with Crippen LogP contribution in [-0.4, -0.2) is 18.7 Å². The highest BCUT2D eigenvalue weighted by molar-refractivity contribution is 5.95. The number of benzene rings is 2. The van der Waals surface area contributed by atoms with E-state index < -0.39 is 0 Å². The Morgan fingerprint density at radius 2 is 1.96 bits per heavy atom. The first-order chi connectivity index (χ1) is 11.1. The highest BCUT2D eigenvalue weighted by atomic mass is 16.5. The normalized spacial score (nSPS) is 10.5. The van der Waals surface area contributed by atoms with Crippen LogP contribution in [0.15, 0.2) is 60.2 Å². The number of hydrogen-bond acceptors (Lipinski definition) is 3. The number of aryl methyl sites for hydroxylation is 2. The average molecular weight is 308 g/mol. The Hall–Kier alpha value is -2.88. The number of nitrogens with zero attached hydrogens (tertiary/aromatic N) is 1.